The third-order valence-electron chi connectivity index (χ3n) is 4.89. The molecule has 0 saturated carbocycles. The van der Waals surface area contributed by atoms with Crippen molar-refractivity contribution in [3.8, 4) is 0 Å². The summed E-state index contributed by atoms with van der Waals surface area (Å²) in [4.78, 5) is 43.7. The standard InChI is InChI=1S/C17H17F3N8O4S2/c18-17(19,20)15(32)21-2-1-8-3-22-16(24-8)25-10-12(29)28-11(14(30)31)7(6-34-13(10)28)5-33-9-4-23-27-26-9/h3-4,10,13H,1-2,5-6H2,(H,21,32)(H,30,31)(H2,22,24,25)(H,23,26,27)/t10?,13-/m1/s1. The van der Waals surface area contributed by atoms with E-state index >= 15 is 0 Å². The summed E-state index contributed by atoms with van der Waals surface area (Å²) in [6.45, 7) is -0.265. The molecule has 0 aliphatic carbocycles. The predicted molar refractivity (Wildman–Crippen MR) is 114 cm³/mol. The highest BCUT2D eigenvalue weighted by molar-refractivity contribution is 8.01. The first-order valence-corrected chi connectivity index (χ1v) is 11.7. The highest BCUT2D eigenvalue weighted by Gasteiger charge is 2.53. The Labute approximate surface area is 197 Å². The smallest absolute Gasteiger partial charge is 0.471 e. The van der Waals surface area contributed by atoms with E-state index in [1.165, 1.54) is 34.6 Å². The van der Waals surface area contributed by atoms with Crippen molar-refractivity contribution in [2.75, 3.05) is 23.4 Å². The Hall–Kier alpha value is -3.21. The van der Waals surface area contributed by atoms with Crippen LogP contribution in [0.3, 0.4) is 0 Å². The number of carboxylic acids is 1. The van der Waals surface area contributed by atoms with Gasteiger partial charge in [-0.3, -0.25) is 19.6 Å². The quantitative estimate of drug-likeness (QED) is 0.234. The highest BCUT2D eigenvalue weighted by atomic mass is 32.2. The molecule has 4 rings (SSSR count). The second-order valence-corrected chi connectivity index (χ2v) is 9.23. The number of aromatic amines is 2. The first kappa shape index (κ1) is 23.9. The number of fused-ring (bicyclic) bond motifs is 1. The van der Waals surface area contributed by atoms with Gasteiger partial charge in [0.25, 0.3) is 5.91 Å². The Bertz CT molecular complexity index is 1120. The van der Waals surface area contributed by atoms with Gasteiger partial charge in [0.05, 0.1) is 11.9 Å². The van der Waals surface area contributed by atoms with Crippen molar-refractivity contribution in [3.05, 3.63) is 29.4 Å². The van der Waals surface area contributed by atoms with Crippen molar-refractivity contribution < 1.29 is 32.7 Å². The number of H-pyrrole nitrogens is 2. The Kier molecular flexibility index (Phi) is 6.74. The minimum absolute atomic E-state index is 0.0430. The zero-order valence-corrected chi connectivity index (χ0v) is 18.7. The van der Waals surface area contributed by atoms with E-state index in [0.717, 1.165) is 0 Å². The number of nitrogens with one attached hydrogen (secondary N) is 4. The van der Waals surface area contributed by atoms with Crippen LogP contribution in [0, 0.1) is 0 Å². The average Bonchev–Trinajstić information content (AvgIpc) is 3.46. The lowest BCUT2D eigenvalue weighted by molar-refractivity contribution is -0.173. The van der Waals surface area contributed by atoms with E-state index < -0.39 is 35.4 Å². The molecule has 0 spiro atoms. The molecule has 2 aromatic rings. The van der Waals surface area contributed by atoms with E-state index in [4.69, 9.17) is 0 Å². The van der Waals surface area contributed by atoms with Crippen LogP contribution in [0.25, 0.3) is 0 Å². The number of anilines is 1. The van der Waals surface area contributed by atoms with Gasteiger partial charge in [0.1, 0.15) is 22.1 Å². The van der Waals surface area contributed by atoms with E-state index in [1.54, 1.807) is 11.5 Å². The minimum Gasteiger partial charge on any atom is -0.477 e. The molecule has 182 valence electrons. The van der Waals surface area contributed by atoms with Gasteiger partial charge in [-0.25, -0.2) is 9.78 Å². The fourth-order valence-corrected chi connectivity index (χ4v) is 5.60. The maximum absolute atomic E-state index is 12.8. The number of hydrogen-bond donors (Lipinski definition) is 5. The van der Waals surface area contributed by atoms with Crippen molar-refractivity contribution in [2.24, 2.45) is 0 Å². The number of alkyl halides is 3. The molecule has 0 radical (unpaired) electrons. The Morgan fingerprint density at radius 1 is 1.35 bits per heavy atom. The SMILES string of the molecule is O=C(O)C1=C(CSc2c[nH]nn2)CS[C@@H]2C(Nc3nc(CCNC(=O)C(F)(F)F)c[nH]3)C(=O)N12. The number of amides is 2. The van der Waals surface area contributed by atoms with Crippen LogP contribution >= 0.6 is 23.5 Å². The molecule has 17 heteroatoms. The summed E-state index contributed by atoms with van der Waals surface area (Å²) >= 11 is 2.71. The van der Waals surface area contributed by atoms with Crippen LogP contribution in [0.5, 0.6) is 0 Å². The topological polar surface area (TPSA) is 169 Å². The van der Waals surface area contributed by atoms with Gasteiger partial charge in [-0.15, -0.1) is 16.9 Å². The number of imidazole rings is 1. The Morgan fingerprint density at radius 2 is 2.15 bits per heavy atom. The van der Waals surface area contributed by atoms with Crippen molar-refractivity contribution in [1.29, 1.82) is 0 Å². The molecular weight excluding hydrogens is 501 g/mol. The van der Waals surface area contributed by atoms with E-state index in [1.807, 2.05) is 0 Å². The van der Waals surface area contributed by atoms with Gasteiger partial charge in [0.2, 0.25) is 5.95 Å². The van der Waals surface area contributed by atoms with Crippen molar-refractivity contribution in [3.63, 3.8) is 0 Å². The maximum Gasteiger partial charge on any atom is 0.471 e. The van der Waals surface area contributed by atoms with Crippen molar-refractivity contribution in [1.82, 2.24) is 35.6 Å². The molecule has 0 bridgehead atoms. The van der Waals surface area contributed by atoms with Crippen LogP contribution in [-0.2, 0) is 20.8 Å². The van der Waals surface area contributed by atoms with Gasteiger partial charge < -0.3 is 20.7 Å². The van der Waals surface area contributed by atoms with Gasteiger partial charge >= 0.3 is 18.1 Å². The number of nitrogens with zero attached hydrogens (tertiary/aromatic N) is 4. The summed E-state index contributed by atoms with van der Waals surface area (Å²) in [6, 6.07) is -0.729. The molecule has 2 aliphatic rings. The Balaban J connectivity index is 1.35. The predicted octanol–water partition coefficient (Wildman–Crippen LogP) is 0.575. The van der Waals surface area contributed by atoms with E-state index in [-0.39, 0.29) is 24.6 Å². The normalized spacial score (nSPS) is 20.1. The molecule has 4 heterocycles. The second-order valence-electron chi connectivity index (χ2n) is 7.13. The molecule has 0 aromatic carbocycles. The van der Waals surface area contributed by atoms with Gasteiger partial charge in [-0.05, 0) is 5.57 Å². The summed E-state index contributed by atoms with van der Waals surface area (Å²) < 4.78 is 36.7. The minimum atomic E-state index is -4.95. The highest BCUT2D eigenvalue weighted by Crippen LogP contribution is 2.42. The number of aliphatic carboxylic acids is 1. The monoisotopic (exact) mass is 518 g/mol. The van der Waals surface area contributed by atoms with Gasteiger partial charge in [-0.2, -0.15) is 13.2 Å². The Morgan fingerprint density at radius 3 is 2.82 bits per heavy atom. The third kappa shape index (κ3) is 4.98. The van der Waals surface area contributed by atoms with Crippen molar-refractivity contribution in [2.45, 2.75) is 29.0 Å². The molecule has 1 fully saturated rings. The zero-order chi connectivity index (χ0) is 24.5. The molecule has 2 amide bonds. The largest absolute Gasteiger partial charge is 0.477 e. The number of β-lactam (4-membered cyclic amide) rings is 1. The second kappa shape index (κ2) is 9.57. The van der Waals surface area contributed by atoms with Crippen LogP contribution in [0.15, 0.2) is 28.7 Å². The van der Waals surface area contributed by atoms with Crippen LogP contribution in [0.4, 0.5) is 19.1 Å². The summed E-state index contributed by atoms with van der Waals surface area (Å²) in [6.07, 6.45) is -1.88. The molecule has 1 saturated heterocycles. The number of rotatable bonds is 9. The number of carbonyl (C=O) groups excluding carboxylic acids is 2. The van der Waals surface area contributed by atoms with E-state index in [0.29, 0.717) is 27.8 Å². The average molecular weight is 519 g/mol. The number of carbonyl (C=O) groups is 3. The summed E-state index contributed by atoms with van der Waals surface area (Å²) in [7, 11) is 0. The fourth-order valence-electron chi connectivity index (χ4n) is 3.33. The summed E-state index contributed by atoms with van der Waals surface area (Å²) in [5.74, 6) is -2.72. The van der Waals surface area contributed by atoms with Crippen LogP contribution in [0.2, 0.25) is 0 Å². The van der Waals surface area contributed by atoms with Gasteiger partial charge in [0, 0.05) is 30.7 Å². The first-order valence-electron chi connectivity index (χ1n) is 9.70. The molecule has 12 nitrogen and oxygen atoms in total. The number of aromatic nitrogens is 5. The molecule has 2 aromatic heterocycles. The fraction of sp³-hybridized carbons (Fsp3) is 0.412. The summed E-state index contributed by atoms with van der Waals surface area (Å²) in [5, 5.41) is 24.5. The number of hydrogen-bond acceptors (Lipinski definition) is 9. The molecule has 1 unspecified atom stereocenters. The van der Waals surface area contributed by atoms with Crippen molar-refractivity contribution >= 4 is 47.3 Å². The first-order chi connectivity index (χ1) is 16.1. The molecule has 2 atom stereocenters. The van der Waals surface area contributed by atoms with Gasteiger partial charge in [0.15, 0.2) is 0 Å². The number of halogens is 3. The number of carboxylic acid groups (broad SMARTS) is 1. The zero-order valence-electron chi connectivity index (χ0n) is 17.0. The van der Waals surface area contributed by atoms with Crippen LogP contribution in [-0.4, -0.2) is 88.8 Å². The summed E-state index contributed by atoms with van der Waals surface area (Å²) in [5.41, 5.74) is 0.918. The number of thioether (sulfide) groups is 2. The molecule has 5 N–H and O–H groups in total. The van der Waals surface area contributed by atoms with Gasteiger partial charge in [-0.1, -0.05) is 17.0 Å². The lowest BCUT2D eigenvalue weighted by atomic mass is 10.0. The van der Waals surface area contributed by atoms with Crippen LogP contribution in [0.1, 0.15) is 5.69 Å². The molecular formula is C17H17F3N8O4S2. The molecule has 2 aliphatic heterocycles. The van der Waals surface area contributed by atoms with Crippen LogP contribution < -0.4 is 10.6 Å². The van der Waals surface area contributed by atoms with E-state index in [9.17, 15) is 32.7 Å². The third-order valence-corrected chi connectivity index (χ3v) is 7.21. The lowest BCUT2D eigenvalue weighted by Crippen LogP contribution is -2.67. The molecule has 34 heavy (non-hydrogen) atoms. The maximum atomic E-state index is 12.8. The lowest BCUT2D eigenvalue weighted by Gasteiger charge is -2.49. The van der Waals surface area contributed by atoms with E-state index in [2.05, 4.69) is 30.7 Å².